The molecule has 1 saturated heterocycles. The number of aryl methyl sites for hydroxylation is 1. The lowest BCUT2D eigenvalue weighted by Crippen LogP contribution is -2.28. The lowest BCUT2D eigenvalue weighted by atomic mass is 9.98. The van der Waals surface area contributed by atoms with Crippen molar-refractivity contribution < 1.29 is 9.47 Å². The van der Waals surface area contributed by atoms with E-state index in [4.69, 9.17) is 15.3 Å². The number of benzene rings is 1. The van der Waals surface area contributed by atoms with Crippen LogP contribution in [-0.4, -0.2) is 19.8 Å². The van der Waals surface area contributed by atoms with Crippen LogP contribution in [0.1, 0.15) is 49.3 Å². The zero-order chi connectivity index (χ0) is 14.4. The molecular weight excluding hydrogens is 252 g/mol. The molecule has 20 heavy (non-hydrogen) atoms. The van der Waals surface area contributed by atoms with E-state index in [2.05, 4.69) is 23.6 Å². The van der Waals surface area contributed by atoms with Gasteiger partial charge in [-0.1, -0.05) is 12.1 Å². The topological polar surface area (TPSA) is 56.5 Å². The Hall–Kier alpha value is -1.10. The second kappa shape index (κ2) is 7.62. The Kier molecular flexibility index (Phi) is 5.83. The molecule has 4 heteroatoms. The number of hydrogen-bond acceptors (Lipinski definition) is 4. The van der Waals surface area contributed by atoms with Crippen LogP contribution in [-0.2, 0) is 4.74 Å². The van der Waals surface area contributed by atoms with Gasteiger partial charge in [0, 0.05) is 12.6 Å². The second-order valence-corrected chi connectivity index (χ2v) is 5.51. The summed E-state index contributed by atoms with van der Waals surface area (Å²) in [5.41, 5.74) is 5.25. The van der Waals surface area contributed by atoms with Crippen LogP contribution in [0.25, 0.3) is 0 Å². The Bertz CT molecular complexity index is 417. The van der Waals surface area contributed by atoms with Crippen LogP contribution in [0.4, 0.5) is 0 Å². The minimum Gasteiger partial charge on any atom is -0.496 e. The molecule has 1 aromatic rings. The molecule has 0 amide bonds. The molecule has 2 unspecified atom stereocenters. The van der Waals surface area contributed by atoms with Gasteiger partial charge in [0.15, 0.2) is 0 Å². The Morgan fingerprint density at radius 2 is 2.35 bits per heavy atom. The molecule has 0 bridgehead atoms. The SMILES string of the molecule is COc1cc(C(CCCC2CCCO2)NN)ccc1C. The highest BCUT2D eigenvalue weighted by Gasteiger charge is 2.17. The minimum atomic E-state index is 0.172. The van der Waals surface area contributed by atoms with Crippen molar-refractivity contribution in [3.05, 3.63) is 29.3 Å². The smallest absolute Gasteiger partial charge is 0.122 e. The Labute approximate surface area is 121 Å². The van der Waals surface area contributed by atoms with Gasteiger partial charge in [-0.2, -0.15) is 0 Å². The maximum absolute atomic E-state index is 5.71. The summed E-state index contributed by atoms with van der Waals surface area (Å²) in [6.07, 6.45) is 6.14. The first-order valence-corrected chi connectivity index (χ1v) is 7.47. The number of nitrogens with one attached hydrogen (secondary N) is 1. The van der Waals surface area contributed by atoms with Crippen molar-refractivity contribution >= 4 is 0 Å². The quantitative estimate of drug-likeness (QED) is 0.595. The molecule has 0 saturated carbocycles. The molecule has 2 atom stereocenters. The molecule has 0 radical (unpaired) electrons. The highest BCUT2D eigenvalue weighted by molar-refractivity contribution is 5.37. The molecule has 3 N–H and O–H groups in total. The first-order chi connectivity index (χ1) is 9.74. The minimum absolute atomic E-state index is 0.172. The predicted octanol–water partition coefficient (Wildman–Crippen LogP) is 2.86. The van der Waals surface area contributed by atoms with E-state index in [-0.39, 0.29) is 6.04 Å². The second-order valence-electron chi connectivity index (χ2n) is 5.51. The predicted molar refractivity (Wildman–Crippen MR) is 80.6 cm³/mol. The molecular formula is C16H26N2O2. The summed E-state index contributed by atoms with van der Waals surface area (Å²) in [5.74, 6) is 6.62. The Morgan fingerprint density at radius 3 is 3.00 bits per heavy atom. The molecule has 1 aromatic carbocycles. The van der Waals surface area contributed by atoms with Crippen molar-refractivity contribution in [2.24, 2.45) is 5.84 Å². The Balaban J connectivity index is 1.89. The summed E-state index contributed by atoms with van der Waals surface area (Å²) in [6.45, 7) is 2.98. The molecule has 0 aromatic heterocycles. The summed E-state index contributed by atoms with van der Waals surface area (Å²) in [5, 5.41) is 0. The number of hydrogen-bond donors (Lipinski definition) is 2. The van der Waals surface area contributed by atoms with Gasteiger partial charge >= 0.3 is 0 Å². The highest BCUT2D eigenvalue weighted by Crippen LogP contribution is 2.27. The van der Waals surface area contributed by atoms with Gasteiger partial charge in [0.2, 0.25) is 0 Å². The molecule has 0 spiro atoms. The zero-order valence-corrected chi connectivity index (χ0v) is 12.5. The first-order valence-electron chi connectivity index (χ1n) is 7.47. The average Bonchev–Trinajstić information content (AvgIpc) is 2.98. The molecule has 1 aliphatic heterocycles. The van der Waals surface area contributed by atoms with Gasteiger partial charge in [0.1, 0.15) is 5.75 Å². The van der Waals surface area contributed by atoms with E-state index in [1.165, 1.54) is 18.4 Å². The summed E-state index contributed by atoms with van der Waals surface area (Å²) in [7, 11) is 1.70. The molecule has 0 aliphatic carbocycles. The Morgan fingerprint density at radius 1 is 1.50 bits per heavy atom. The van der Waals surface area contributed by atoms with Gasteiger partial charge in [-0.15, -0.1) is 0 Å². The van der Waals surface area contributed by atoms with E-state index < -0.39 is 0 Å². The van der Waals surface area contributed by atoms with E-state index in [9.17, 15) is 0 Å². The van der Waals surface area contributed by atoms with Crippen LogP contribution in [0, 0.1) is 6.92 Å². The van der Waals surface area contributed by atoms with Gasteiger partial charge in [-0.05, 0) is 56.2 Å². The number of rotatable bonds is 7. The monoisotopic (exact) mass is 278 g/mol. The lowest BCUT2D eigenvalue weighted by Gasteiger charge is -2.18. The van der Waals surface area contributed by atoms with Crippen molar-refractivity contribution in [2.75, 3.05) is 13.7 Å². The van der Waals surface area contributed by atoms with Crippen molar-refractivity contribution in [1.29, 1.82) is 0 Å². The fourth-order valence-corrected chi connectivity index (χ4v) is 2.82. The summed E-state index contributed by atoms with van der Waals surface area (Å²) in [4.78, 5) is 0. The van der Waals surface area contributed by atoms with E-state index in [1.807, 2.05) is 6.92 Å². The number of methoxy groups -OCH3 is 1. The molecule has 1 aliphatic rings. The van der Waals surface area contributed by atoms with Gasteiger partial charge in [-0.3, -0.25) is 11.3 Å². The number of nitrogens with two attached hydrogens (primary N) is 1. The largest absolute Gasteiger partial charge is 0.496 e. The normalized spacial score (nSPS) is 20.1. The van der Waals surface area contributed by atoms with E-state index in [1.54, 1.807) is 7.11 Å². The molecule has 4 nitrogen and oxygen atoms in total. The van der Waals surface area contributed by atoms with Crippen LogP contribution >= 0.6 is 0 Å². The average molecular weight is 278 g/mol. The van der Waals surface area contributed by atoms with Crippen LogP contribution in [0.3, 0.4) is 0 Å². The maximum Gasteiger partial charge on any atom is 0.122 e. The van der Waals surface area contributed by atoms with Gasteiger partial charge in [-0.25, -0.2) is 0 Å². The highest BCUT2D eigenvalue weighted by atomic mass is 16.5. The van der Waals surface area contributed by atoms with Crippen LogP contribution in [0.2, 0.25) is 0 Å². The van der Waals surface area contributed by atoms with E-state index in [0.717, 1.165) is 37.2 Å². The van der Waals surface area contributed by atoms with Crippen molar-refractivity contribution in [2.45, 2.75) is 51.2 Å². The molecule has 112 valence electrons. The fourth-order valence-electron chi connectivity index (χ4n) is 2.82. The third-order valence-electron chi connectivity index (χ3n) is 4.08. The van der Waals surface area contributed by atoms with E-state index >= 15 is 0 Å². The zero-order valence-electron chi connectivity index (χ0n) is 12.5. The van der Waals surface area contributed by atoms with Crippen molar-refractivity contribution in [3.8, 4) is 5.75 Å². The molecule has 1 fully saturated rings. The molecule has 2 rings (SSSR count). The lowest BCUT2D eigenvalue weighted by molar-refractivity contribution is 0.101. The third-order valence-corrected chi connectivity index (χ3v) is 4.08. The maximum atomic E-state index is 5.71. The first kappa shape index (κ1) is 15.3. The van der Waals surface area contributed by atoms with Crippen LogP contribution < -0.4 is 16.0 Å². The van der Waals surface area contributed by atoms with Crippen molar-refractivity contribution in [1.82, 2.24) is 5.43 Å². The van der Waals surface area contributed by atoms with Crippen molar-refractivity contribution in [3.63, 3.8) is 0 Å². The molecule has 1 heterocycles. The van der Waals surface area contributed by atoms with Crippen LogP contribution in [0.15, 0.2) is 18.2 Å². The van der Waals surface area contributed by atoms with Gasteiger partial charge in [0.25, 0.3) is 0 Å². The summed E-state index contributed by atoms with van der Waals surface area (Å²) >= 11 is 0. The van der Waals surface area contributed by atoms with Gasteiger partial charge in [0.05, 0.1) is 13.2 Å². The summed E-state index contributed by atoms with van der Waals surface area (Å²) < 4.78 is 11.0. The standard InChI is InChI=1S/C16H26N2O2/c1-12-8-9-13(11-16(12)19-2)15(18-17)7-3-5-14-6-4-10-20-14/h8-9,11,14-15,18H,3-7,10,17H2,1-2H3. The summed E-state index contributed by atoms with van der Waals surface area (Å²) in [6, 6.07) is 6.45. The fraction of sp³-hybridized carbons (Fsp3) is 0.625. The van der Waals surface area contributed by atoms with Crippen LogP contribution in [0.5, 0.6) is 5.75 Å². The van der Waals surface area contributed by atoms with E-state index in [0.29, 0.717) is 6.10 Å². The number of ether oxygens (including phenoxy) is 2. The number of hydrazine groups is 1. The third kappa shape index (κ3) is 3.95. The van der Waals surface area contributed by atoms with Gasteiger partial charge < -0.3 is 9.47 Å².